The fourth-order valence-electron chi connectivity index (χ4n) is 6.01. The van der Waals surface area contributed by atoms with E-state index < -0.39 is 12.2 Å². The molecule has 4 aromatic carbocycles. The van der Waals surface area contributed by atoms with Crippen molar-refractivity contribution in [3.8, 4) is 22.3 Å². The van der Waals surface area contributed by atoms with Gasteiger partial charge in [0.25, 0.3) is 0 Å². The molecule has 0 aromatic heterocycles. The summed E-state index contributed by atoms with van der Waals surface area (Å²) in [5.41, 5.74) is 10.2. The molecular weight excluding hydrogens is 560 g/mol. The Morgan fingerprint density at radius 1 is 0.605 bits per heavy atom. The van der Waals surface area contributed by atoms with Crippen LogP contribution in [0.15, 0.2) is 60.7 Å². The van der Waals surface area contributed by atoms with Crippen LogP contribution in [-0.4, -0.2) is 35.3 Å². The fourth-order valence-corrected chi connectivity index (χ4v) is 6.90. The molecule has 0 saturated heterocycles. The number of benzene rings is 4. The van der Waals surface area contributed by atoms with Gasteiger partial charge in [0.15, 0.2) is 0 Å². The SMILES string of the molecule is CN(CC(O)c1cc(Cl)cc2c1-c1ccc(Cl)cc1C2)CC(O)c1cc(Cl)cc2c1-c1ccc(Cl)cc1C2. The zero-order chi connectivity index (χ0) is 26.7. The topological polar surface area (TPSA) is 43.7 Å². The van der Waals surface area contributed by atoms with Crippen LogP contribution in [0.4, 0.5) is 0 Å². The number of hydrogen-bond acceptors (Lipinski definition) is 3. The second kappa shape index (κ2) is 10.1. The predicted molar refractivity (Wildman–Crippen MR) is 157 cm³/mol. The molecule has 0 spiro atoms. The number of halogens is 4. The summed E-state index contributed by atoms with van der Waals surface area (Å²) in [6.45, 7) is 0.642. The monoisotopic (exact) mass is 583 g/mol. The summed E-state index contributed by atoms with van der Waals surface area (Å²) in [4.78, 5) is 1.94. The Bertz CT molecular complexity index is 1470. The molecule has 2 aliphatic carbocycles. The Morgan fingerprint density at radius 2 is 1.00 bits per heavy atom. The van der Waals surface area contributed by atoms with E-state index in [1.807, 2.05) is 72.6 Å². The van der Waals surface area contributed by atoms with Gasteiger partial charge in [-0.1, -0.05) is 58.5 Å². The maximum absolute atomic E-state index is 11.4. The van der Waals surface area contributed by atoms with E-state index in [0.29, 0.717) is 33.2 Å². The van der Waals surface area contributed by atoms with Crippen molar-refractivity contribution >= 4 is 46.4 Å². The number of nitrogens with zero attached hydrogens (tertiary/aromatic N) is 1. The van der Waals surface area contributed by atoms with Gasteiger partial charge in [-0.05, 0) is 124 Å². The van der Waals surface area contributed by atoms with Crippen molar-refractivity contribution in [2.45, 2.75) is 25.0 Å². The average molecular weight is 585 g/mol. The highest BCUT2D eigenvalue weighted by Crippen LogP contribution is 2.45. The van der Waals surface area contributed by atoms with Crippen LogP contribution in [0.3, 0.4) is 0 Å². The van der Waals surface area contributed by atoms with Gasteiger partial charge in [-0.15, -0.1) is 0 Å². The molecule has 2 atom stereocenters. The van der Waals surface area contributed by atoms with Gasteiger partial charge in [0.2, 0.25) is 0 Å². The van der Waals surface area contributed by atoms with Crippen LogP contribution in [0.1, 0.15) is 45.6 Å². The summed E-state index contributed by atoms with van der Waals surface area (Å²) >= 11 is 25.4. The van der Waals surface area contributed by atoms with E-state index in [1.165, 1.54) is 0 Å². The summed E-state index contributed by atoms with van der Waals surface area (Å²) in [6.07, 6.45) is -0.136. The average Bonchev–Trinajstić information content (AvgIpc) is 3.38. The lowest BCUT2D eigenvalue weighted by Crippen LogP contribution is -2.29. The van der Waals surface area contributed by atoms with E-state index in [0.717, 1.165) is 68.5 Å². The molecule has 0 bridgehead atoms. The molecule has 0 saturated carbocycles. The van der Waals surface area contributed by atoms with Crippen molar-refractivity contribution in [1.29, 1.82) is 0 Å². The molecule has 0 aliphatic heterocycles. The molecular formula is C31H25Cl4NO2. The molecule has 2 N–H and O–H groups in total. The largest absolute Gasteiger partial charge is 0.387 e. The van der Waals surface area contributed by atoms with E-state index in [-0.39, 0.29) is 0 Å². The second-order valence-electron chi connectivity index (χ2n) is 10.3. The first-order valence-electron chi connectivity index (χ1n) is 12.4. The molecule has 4 aromatic rings. The van der Waals surface area contributed by atoms with Crippen molar-refractivity contribution in [2.75, 3.05) is 20.1 Å². The van der Waals surface area contributed by atoms with Crippen LogP contribution in [0.25, 0.3) is 22.3 Å². The molecule has 0 amide bonds. The molecule has 194 valence electrons. The minimum absolute atomic E-state index is 0.321. The molecule has 3 nitrogen and oxygen atoms in total. The van der Waals surface area contributed by atoms with Gasteiger partial charge in [-0.3, -0.25) is 0 Å². The lowest BCUT2D eigenvalue weighted by molar-refractivity contribution is 0.0837. The lowest BCUT2D eigenvalue weighted by Gasteiger charge is -2.26. The number of aliphatic hydroxyl groups is 2. The third-order valence-corrected chi connectivity index (χ3v) is 8.46. The fraction of sp³-hybridized carbons (Fsp3) is 0.226. The summed E-state index contributed by atoms with van der Waals surface area (Å²) in [6, 6.07) is 19.3. The Labute approximate surface area is 242 Å². The minimum Gasteiger partial charge on any atom is -0.387 e. The van der Waals surface area contributed by atoms with E-state index in [4.69, 9.17) is 46.4 Å². The third-order valence-electron chi connectivity index (χ3n) is 7.55. The standard InChI is InChI=1S/C31H25Cl4NO2/c1-36(14-28(37)26-12-22(34)10-18-6-16-8-20(32)2-4-24(16)30(18)26)15-29(38)27-13-23(35)11-19-7-17-9-21(33)3-5-25(17)31(19)27/h2-5,8-13,28-29,37-38H,6-7,14-15H2,1H3. The summed E-state index contributed by atoms with van der Waals surface area (Å²) < 4.78 is 0. The van der Waals surface area contributed by atoms with Crippen LogP contribution in [0, 0.1) is 0 Å². The molecule has 2 aliphatic rings. The highest BCUT2D eigenvalue weighted by molar-refractivity contribution is 6.32. The van der Waals surface area contributed by atoms with Gasteiger partial charge in [-0.2, -0.15) is 0 Å². The van der Waals surface area contributed by atoms with Gasteiger partial charge in [0.1, 0.15) is 0 Å². The zero-order valence-electron chi connectivity index (χ0n) is 20.6. The smallest absolute Gasteiger partial charge is 0.0923 e. The Balaban J connectivity index is 1.25. The number of rotatable bonds is 6. The van der Waals surface area contributed by atoms with E-state index in [1.54, 1.807) is 0 Å². The van der Waals surface area contributed by atoms with Crippen LogP contribution in [-0.2, 0) is 12.8 Å². The number of likely N-dealkylation sites (N-methyl/N-ethyl adjacent to an activating group) is 1. The van der Waals surface area contributed by atoms with Crippen molar-refractivity contribution in [3.63, 3.8) is 0 Å². The highest BCUT2D eigenvalue weighted by atomic mass is 35.5. The highest BCUT2D eigenvalue weighted by Gasteiger charge is 2.28. The molecule has 0 heterocycles. The van der Waals surface area contributed by atoms with E-state index in [9.17, 15) is 10.2 Å². The summed E-state index contributed by atoms with van der Waals surface area (Å²) in [5.74, 6) is 0. The summed E-state index contributed by atoms with van der Waals surface area (Å²) in [5, 5.41) is 25.3. The normalized spacial score (nSPS) is 14.7. The lowest BCUT2D eigenvalue weighted by atomic mass is 9.94. The Kier molecular flexibility index (Phi) is 6.99. The third kappa shape index (κ3) is 4.76. The molecule has 2 unspecified atom stereocenters. The predicted octanol–water partition coefficient (Wildman–Crippen LogP) is 8.14. The van der Waals surface area contributed by atoms with Gasteiger partial charge < -0.3 is 15.1 Å². The van der Waals surface area contributed by atoms with Crippen molar-refractivity contribution < 1.29 is 10.2 Å². The van der Waals surface area contributed by atoms with Crippen molar-refractivity contribution in [2.24, 2.45) is 0 Å². The molecule has 6 rings (SSSR count). The van der Waals surface area contributed by atoms with Crippen molar-refractivity contribution in [1.82, 2.24) is 4.90 Å². The Morgan fingerprint density at radius 3 is 1.42 bits per heavy atom. The molecule has 0 fully saturated rings. The van der Waals surface area contributed by atoms with Gasteiger partial charge >= 0.3 is 0 Å². The van der Waals surface area contributed by atoms with E-state index >= 15 is 0 Å². The van der Waals surface area contributed by atoms with Gasteiger partial charge in [-0.25, -0.2) is 0 Å². The first-order valence-corrected chi connectivity index (χ1v) is 14.0. The Hall–Kier alpha value is -2.08. The first-order chi connectivity index (χ1) is 18.2. The molecule has 7 heteroatoms. The van der Waals surface area contributed by atoms with Crippen LogP contribution in [0.2, 0.25) is 20.1 Å². The molecule has 0 radical (unpaired) electrons. The maximum atomic E-state index is 11.4. The van der Waals surface area contributed by atoms with Crippen LogP contribution in [0.5, 0.6) is 0 Å². The van der Waals surface area contributed by atoms with Gasteiger partial charge in [0.05, 0.1) is 12.2 Å². The molecule has 38 heavy (non-hydrogen) atoms. The number of aliphatic hydroxyl groups excluding tert-OH is 2. The van der Waals surface area contributed by atoms with Crippen molar-refractivity contribution in [3.05, 3.63) is 114 Å². The van der Waals surface area contributed by atoms with Crippen LogP contribution < -0.4 is 0 Å². The van der Waals surface area contributed by atoms with Crippen LogP contribution >= 0.6 is 46.4 Å². The maximum Gasteiger partial charge on any atom is 0.0923 e. The minimum atomic E-state index is -0.797. The summed E-state index contributed by atoms with van der Waals surface area (Å²) in [7, 11) is 1.89. The first kappa shape index (κ1) is 26.2. The zero-order valence-corrected chi connectivity index (χ0v) is 23.6. The number of hydrogen-bond donors (Lipinski definition) is 2. The number of fused-ring (bicyclic) bond motifs is 6. The van der Waals surface area contributed by atoms with Gasteiger partial charge in [0, 0.05) is 33.2 Å². The van der Waals surface area contributed by atoms with E-state index in [2.05, 4.69) is 0 Å². The second-order valence-corrected chi connectivity index (χ2v) is 12.0. The quantitative estimate of drug-likeness (QED) is 0.208.